The van der Waals surface area contributed by atoms with E-state index in [0.29, 0.717) is 11.3 Å². The van der Waals surface area contributed by atoms with Gasteiger partial charge in [0.1, 0.15) is 6.07 Å². The molecule has 0 aliphatic rings. The maximum absolute atomic E-state index is 10.6. The molecule has 0 saturated heterocycles. The van der Waals surface area contributed by atoms with Crippen molar-refractivity contribution in [3.63, 3.8) is 0 Å². The monoisotopic (exact) mass is 186 g/mol. The third kappa shape index (κ3) is 2.76. The topological polar surface area (TPSA) is 52.9 Å². The van der Waals surface area contributed by atoms with E-state index in [2.05, 4.69) is 11.4 Å². The van der Waals surface area contributed by atoms with E-state index in [1.165, 1.54) is 19.2 Å². The van der Waals surface area contributed by atoms with Crippen LogP contribution in [0.3, 0.4) is 0 Å². The number of rotatable bonds is 3. The Morgan fingerprint density at radius 2 is 2.21 bits per heavy atom. The van der Waals surface area contributed by atoms with Gasteiger partial charge in [0.25, 0.3) is 0 Å². The van der Waals surface area contributed by atoms with Gasteiger partial charge in [0.05, 0.1) is 11.3 Å². The summed E-state index contributed by atoms with van der Waals surface area (Å²) in [4.78, 5) is 10.6. The number of para-hydroxylation sites is 1. The van der Waals surface area contributed by atoms with Crippen molar-refractivity contribution in [2.24, 2.45) is 0 Å². The molecule has 0 bridgehead atoms. The minimum atomic E-state index is -0.0352. The lowest BCUT2D eigenvalue weighted by Crippen LogP contribution is -1.92. The zero-order valence-electron chi connectivity index (χ0n) is 7.82. The fraction of sp³-hybridized carbons (Fsp3) is 0.0909. The Bertz CT molecular complexity index is 402. The summed E-state index contributed by atoms with van der Waals surface area (Å²) in [6.07, 6.45) is 2.94. The van der Waals surface area contributed by atoms with Crippen molar-refractivity contribution in [2.45, 2.75) is 6.92 Å². The minimum Gasteiger partial charge on any atom is -0.360 e. The predicted molar refractivity (Wildman–Crippen MR) is 54.6 cm³/mol. The van der Waals surface area contributed by atoms with Crippen LogP contribution in [-0.2, 0) is 4.79 Å². The number of hydrogen-bond acceptors (Lipinski definition) is 3. The molecule has 0 aliphatic carbocycles. The summed E-state index contributed by atoms with van der Waals surface area (Å²) < 4.78 is 0. The largest absolute Gasteiger partial charge is 0.360 e. The van der Waals surface area contributed by atoms with Gasteiger partial charge < -0.3 is 5.32 Å². The fourth-order valence-electron chi connectivity index (χ4n) is 0.955. The molecule has 1 aromatic rings. The number of ketones is 1. The second-order valence-corrected chi connectivity index (χ2v) is 2.75. The van der Waals surface area contributed by atoms with Crippen molar-refractivity contribution in [1.29, 1.82) is 5.26 Å². The number of carbonyl (C=O) groups excluding carboxylic acids is 1. The van der Waals surface area contributed by atoms with Gasteiger partial charge in [0.2, 0.25) is 0 Å². The molecular formula is C11H10N2O. The van der Waals surface area contributed by atoms with Crippen molar-refractivity contribution in [3.05, 3.63) is 42.1 Å². The molecule has 0 heterocycles. The quantitative estimate of drug-likeness (QED) is 0.735. The van der Waals surface area contributed by atoms with Gasteiger partial charge in [-0.05, 0) is 25.1 Å². The summed E-state index contributed by atoms with van der Waals surface area (Å²) in [7, 11) is 0. The molecule has 1 aromatic carbocycles. The third-order valence-corrected chi connectivity index (χ3v) is 1.60. The van der Waals surface area contributed by atoms with Crippen LogP contribution >= 0.6 is 0 Å². The second-order valence-electron chi connectivity index (χ2n) is 2.75. The number of carbonyl (C=O) groups is 1. The Balaban J connectivity index is 2.77. The molecule has 0 aliphatic heterocycles. The highest BCUT2D eigenvalue weighted by Gasteiger charge is 1.96. The summed E-state index contributed by atoms with van der Waals surface area (Å²) >= 11 is 0. The first-order chi connectivity index (χ1) is 6.74. The lowest BCUT2D eigenvalue weighted by molar-refractivity contribution is -0.112. The van der Waals surface area contributed by atoms with E-state index in [4.69, 9.17) is 5.26 Å². The molecule has 3 nitrogen and oxygen atoms in total. The Morgan fingerprint density at radius 3 is 2.86 bits per heavy atom. The van der Waals surface area contributed by atoms with Crippen molar-refractivity contribution in [2.75, 3.05) is 5.32 Å². The molecule has 0 aromatic heterocycles. The molecule has 0 radical (unpaired) electrons. The van der Waals surface area contributed by atoms with Crippen LogP contribution < -0.4 is 5.32 Å². The van der Waals surface area contributed by atoms with E-state index in [-0.39, 0.29) is 5.78 Å². The number of nitrogens with zero attached hydrogens (tertiary/aromatic N) is 1. The van der Waals surface area contributed by atoms with Gasteiger partial charge in [-0.25, -0.2) is 0 Å². The van der Waals surface area contributed by atoms with Crippen LogP contribution in [0.25, 0.3) is 0 Å². The zero-order valence-corrected chi connectivity index (χ0v) is 7.82. The Hall–Kier alpha value is -2.08. The number of hydrogen-bond donors (Lipinski definition) is 1. The Labute approximate surface area is 82.7 Å². The molecule has 0 fully saturated rings. The van der Waals surface area contributed by atoms with Gasteiger partial charge in [-0.2, -0.15) is 5.26 Å². The molecule has 0 saturated carbocycles. The van der Waals surface area contributed by atoms with E-state index in [0.717, 1.165) is 0 Å². The van der Waals surface area contributed by atoms with Crippen LogP contribution in [0, 0.1) is 11.3 Å². The molecule has 3 heteroatoms. The predicted octanol–water partition coefficient (Wildman–Crippen LogP) is 2.07. The van der Waals surface area contributed by atoms with Crippen LogP contribution in [0.5, 0.6) is 0 Å². The Morgan fingerprint density at radius 1 is 1.50 bits per heavy atom. The van der Waals surface area contributed by atoms with Gasteiger partial charge in [-0.3, -0.25) is 4.79 Å². The molecule has 70 valence electrons. The van der Waals surface area contributed by atoms with Gasteiger partial charge in [0, 0.05) is 6.20 Å². The van der Waals surface area contributed by atoms with E-state index in [1.807, 2.05) is 6.07 Å². The average Bonchev–Trinajstić information content (AvgIpc) is 2.18. The Kier molecular flexibility index (Phi) is 3.45. The first kappa shape index (κ1) is 10.0. The van der Waals surface area contributed by atoms with E-state index >= 15 is 0 Å². The number of benzene rings is 1. The van der Waals surface area contributed by atoms with Crippen LogP contribution in [0.15, 0.2) is 36.5 Å². The van der Waals surface area contributed by atoms with Crippen molar-refractivity contribution in [1.82, 2.24) is 0 Å². The smallest absolute Gasteiger partial charge is 0.154 e. The maximum Gasteiger partial charge on any atom is 0.154 e. The molecular weight excluding hydrogens is 176 g/mol. The summed E-state index contributed by atoms with van der Waals surface area (Å²) in [5.41, 5.74) is 1.26. The zero-order chi connectivity index (χ0) is 10.4. The number of anilines is 1. The van der Waals surface area contributed by atoms with Crippen molar-refractivity contribution < 1.29 is 4.79 Å². The van der Waals surface area contributed by atoms with Crippen LogP contribution in [-0.4, -0.2) is 5.78 Å². The summed E-state index contributed by atoms with van der Waals surface area (Å²) in [5.74, 6) is -0.0352. The first-order valence-corrected chi connectivity index (χ1v) is 4.17. The van der Waals surface area contributed by atoms with Crippen molar-refractivity contribution >= 4 is 11.5 Å². The number of allylic oxidation sites excluding steroid dienone is 1. The summed E-state index contributed by atoms with van der Waals surface area (Å²) in [6, 6.07) is 9.16. The normalized spacial score (nSPS) is 9.71. The molecule has 0 unspecified atom stereocenters. The molecule has 0 atom stereocenters. The molecule has 0 spiro atoms. The lowest BCUT2D eigenvalue weighted by Gasteiger charge is -2.01. The van der Waals surface area contributed by atoms with Gasteiger partial charge in [-0.15, -0.1) is 0 Å². The first-order valence-electron chi connectivity index (χ1n) is 4.17. The highest BCUT2D eigenvalue weighted by molar-refractivity contribution is 5.87. The van der Waals surface area contributed by atoms with Crippen LogP contribution in [0.2, 0.25) is 0 Å². The summed E-state index contributed by atoms with van der Waals surface area (Å²) in [5, 5.41) is 11.6. The fourth-order valence-corrected chi connectivity index (χ4v) is 0.955. The van der Waals surface area contributed by atoms with Gasteiger partial charge in [0.15, 0.2) is 5.78 Å². The van der Waals surface area contributed by atoms with Crippen LogP contribution in [0.1, 0.15) is 12.5 Å². The van der Waals surface area contributed by atoms with Crippen molar-refractivity contribution in [3.8, 4) is 6.07 Å². The molecule has 1 rings (SSSR count). The van der Waals surface area contributed by atoms with Gasteiger partial charge in [-0.1, -0.05) is 12.1 Å². The maximum atomic E-state index is 10.6. The number of nitriles is 1. The third-order valence-electron chi connectivity index (χ3n) is 1.60. The minimum absolute atomic E-state index is 0.0352. The molecule has 14 heavy (non-hydrogen) atoms. The molecule has 1 N–H and O–H groups in total. The average molecular weight is 186 g/mol. The highest BCUT2D eigenvalue weighted by atomic mass is 16.1. The number of nitrogens with one attached hydrogen (secondary N) is 1. The lowest BCUT2D eigenvalue weighted by atomic mass is 10.2. The second kappa shape index (κ2) is 4.83. The van der Waals surface area contributed by atoms with E-state index in [1.54, 1.807) is 18.2 Å². The van der Waals surface area contributed by atoms with E-state index in [9.17, 15) is 4.79 Å². The SMILES string of the molecule is CC(=O)/C=C/Nc1ccccc1C#N. The summed E-state index contributed by atoms with van der Waals surface area (Å²) in [6.45, 7) is 1.47. The van der Waals surface area contributed by atoms with Gasteiger partial charge >= 0.3 is 0 Å². The van der Waals surface area contributed by atoms with Crippen LogP contribution in [0.4, 0.5) is 5.69 Å². The highest BCUT2D eigenvalue weighted by Crippen LogP contribution is 2.12. The standard InChI is InChI=1S/C11H10N2O/c1-9(14)6-7-13-11-5-3-2-4-10(11)8-12/h2-7,13H,1H3/b7-6+. The van der Waals surface area contributed by atoms with E-state index < -0.39 is 0 Å². The molecule has 0 amide bonds.